The standard InChI is InChI=1S/C15H14Br3NO/c1-8-3-4-14(20)11(5-8)9(2)19-15-12(17)6-10(16)7-13(15)18/h3-7,9,19-20H,1-2H3. The normalized spacial score (nSPS) is 12.2. The molecule has 0 amide bonds. The Morgan fingerprint density at radius 1 is 1.05 bits per heavy atom. The fourth-order valence-electron chi connectivity index (χ4n) is 2.00. The molecule has 0 aromatic heterocycles. The molecule has 0 saturated heterocycles. The van der Waals surface area contributed by atoms with E-state index in [1.807, 2.05) is 38.1 Å². The molecule has 2 nitrogen and oxygen atoms in total. The van der Waals surface area contributed by atoms with Crippen molar-refractivity contribution in [3.63, 3.8) is 0 Å². The van der Waals surface area contributed by atoms with Gasteiger partial charge in [-0.2, -0.15) is 0 Å². The van der Waals surface area contributed by atoms with Crippen molar-refractivity contribution in [3.8, 4) is 5.75 Å². The first kappa shape index (κ1) is 15.9. The van der Waals surface area contributed by atoms with Crippen LogP contribution in [0.25, 0.3) is 0 Å². The molecule has 0 fully saturated rings. The average Bonchev–Trinajstić information content (AvgIpc) is 2.36. The van der Waals surface area contributed by atoms with E-state index in [1.54, 1.807) is 6.07 Å². The number of benzene rings is 2. The molecule has 0 aliphatic heterocycles. The third-order valence-electron chi connectivity index (χ3n) is 3.02. The molecule has 2 rings (SSSR count). The fourth-order valence-corrected chi connectivity index (χ4v) is 4.48. The molecule has 0 spiro atoms. The second-order valence-electron chi connectivity index (χ2n) is 4.67. The topological polar surface area (TPSA) is 32.3 Å². The number of halogens is 3. The first-order valence-electron chi connectivity index (χ1n) is 6.09. The fraction of sp³-hybridized carbons (Fsp3) is 0.200. The minimum Gasteiger partial charge on any atom is -0.508 e. The maximum atomic E-state index is 10.00. The maximum absolute atomic E-state index is 10.00. The number of hydrogen-bond acceptors (Lipinski definition) is 2. The molecule has 2 aromatic rings. The lowest BCUT2D eigenvalue weighted by Gasteiger charge is -2.20. The third kappa shape index (κ3) is 3.57. The van der Waals surface area contributed by atoms with Gasteiger partial charge in [0.2, 0.25) is 0 Å². The van der Waals surface area contributed by atoms with Gasteiger partial charge in [0.05, 0.1) is 11.7 Å². The lowest BCUT2D eigenvalue weighted by molar-refractivity contribution is 0.465. The maximum Gasteiger partial charge on any atom is 0.120 e. The Morgan fingerprint density at radius 2 is 1.65 bits per heavy atom. The zero-order valence-corrected chi connectivity index (χ0v) is 15.8. The highest BCUT2D eigenvalue weighted by Crippen LogP contribution is 2.37. The van der Waals surface area contributed by atoms with Crippen molar-refractivity contribution >= 4 is 53.5 Å². The van der Waals surface area contributed by atoms with Gasteiger partial charge in [-0.15, -0.1) is 0 Å². The molecule has 5 heteroatoms. The smallest absolute Gasteiger partial charge is 0.120 e. The van der Waals surface area contributed by atoms with Crippen LogP contribution in [0.4, 0.5) is 5.69 Å². The van der Waals surface area contributed by atoms with Crippen LogP contribution in [0.3, 0.4) is 0 Å². The van der Waals surface area contributed by atoms with Crippen molar-refractivity contribution in [2.75, 3.05) is 5.32 Å². The van der Waals surface area contributed by atoms with Crippen LogP contribution < -0.4 is 5.32 Å². The van der Waals surface area contributed by atoms with Crippen molar-refractivity contribution in [2.24, 2.45) is 0 Å². The zero-order valence-electron chi connectivity index (χ0n) is 11.0. The Hall–Kier alpha value is -0.520. The Morgan fingerprint density at radius 3 is 2.25 bits per heavy atom. The second kappa shape index (κ2) is 6.50. The van der Waals surface area contributed by atoms with Crippen molar-refractivity contribution in [1.82, 2.24) is 0 Å². The van der Waals surface area contributed by atoms with E-state index in [9.17, 15) is 5.11 Å². The van der Waals surface area contributed by atoms with Crippen LogP contribution in [0, 0.1) is 6.92 Å². The van der Waals surface area contributed by atoms with Gasteiger partial charge in [0.1, 0.15) is 5.75 Å². The van der Waals surface area contributed by atoms with Crippen molar-refractivity contribution in [2.45, 2.75) is 19.9 Å². The number of rotatable bonds is 3. The quantitative estimate of drug-likeness (QED) is 0.571. The SMILES string of the molecule is Cc1ccc(O)c(C(C)Nc2c(Br)cc(Br)cc2Br)c1. The number of phenolic OH excluding ortho intramolecular Hbond substituents is 1. The monoisotopic (exact) mass is 461 g/mol. The molecule has 20 heavy (non-hydrogen) atoms. The van der Waals surface area contributed by atoms with E-state index in [4.69, 9.17) is 0 Å². The third-order valence-corrected chi connectivity index (χ3v) is 4.73. The highest BCUT2D eigenvalue weighted by atomic mass is 79.9. The Bertz CT molecular complexity index is 620. The number of nitrogens with one attached hydrogen (secondary N) is 1. The summed E-state index contributed by atoms with van der Waals surface area (Å²) in [7, 11) is 0. The molecule has 106 valence electrons. The minimum absolute atomic E-state index is 0.0105. The molecule has 0 aliphatic carbocycles. The number of aromatic hydroxyl groups is 1. The molecule has 1 unspecified atom stereocenters. The van der Waals surface area contributed by atoms with Crippen LogP contribution in [-0.4, -0.2) is 5.11 Å². The van der Waals surface area contributed by atoms with Crippen LogP contribution in [0.1, 0.15) is 24.1 Å². The van der Waals surface area contributed by atoms with E-state index in [0.29, 0.717) is 5.75 Å². The van der Waals surface area contributed by atoms with Gasteiger partial charge in [-0.3, -0.25) is 0 Å². The predicted octanol–water partition coefficient (Wildman–Crippen LogP) is 6.16. The van der Waals surface area contributed by atoms with Crippen LogP contribution in [0.15, 0.2) is 43.7 Å². The Balaban J connectivity index is 2.32. The summed E-state index contributed by atoms with van der Waals surface area (Å²) in [5.41, 5.74) is 2.97. The second-order valence-corrected chi connectivity index (χ2v) is 7.30. The first-order chi connectivity index (χ1) is 9.38. The number of hydrogen-bond donors (Lipinski definition) is 2. The van der Waals surface area contributed by atoms with Crippen LogP contribution >= 0.6 is 47.8 Å². The van der Waals surface area contributed by atoms with E-state index in [1.165, 1.54) is 0 Å². The highest BCUT2D eigenvalue weighted by molar-refractivity contribution is 9.11. The van der Waals surface area contributed by atoms with E-state index < -0.39 is 0 Å². The van der Waals surface area contributed by atoms with Gasteiger partial charge in [0, 0.05) is 19.0 Å². The molecular weight excluding hydrogens is 450 g/mol. The van der Waals surface area contributed by atoms with E-state index in [-0.39, 0.29) is 6.04 Å². The summed E-state index contributed by atoms with van der Waals surface area (Å²) in [6.45, 7) is 4.04. The lowest BCUT2D eigenvalue weighted by Crippen LogP contribution is -2.08. The molecule has 1 atom stereocenters. The van der Waals surface area contributed by atoms with Crippen LogP contribution in [0.5, 0.6) is 5.75 Å². The van der Waals surface area contributed by atoms with Gasteiger partial charge in [0.15, 0.2) is 0 Å². The molecule has 0 radical (unpaired) electrons. The van der Waals surface area contributed by atoms with Gasteiger partial charge in [0.25, 0.3) is 0 Å². The lowest BCUT2D eigenvalue weighted by atomic mass is 10.0. The first-order valence-corrected chi connectivity index (χ1v) is 8.47. The predicted molar refractivity (Wildman–Crippen MR) is 94.4 cm³/mol. The van der Waals surface area contributed by atoms with Gasteiger partial charge in [-0.1, -0.05) is 33.6 Å². The summed E-state index contributed by atoms with van der Waals surface area (Å²) in [5, 5.41) is 13.4. The Kier molecular flexibility index (Phi) is 5.15. The molecule has 2 N–H and O–H groups in total. The van der Waals surface area contributed by atoms with Crippen LogP contribution in [-0.2, 0) is 0 Å². The van der Waals surface area contributed by atoms with Gasteiger partial charge in [-0.25, -0.2) is 0 Å². The van der Waals surface area contributed by atoms with Gasteiger partial charge < -0.3 is 10.4 Å². The van der Waals surface area contributed by atoms with Crippen molar-refractivity contribution in [3.05, 3.63) is 54.9 Å². The average molecular weight is 464 g/mol. The minimum atomic E-state index is -0.0105. The number of anilines is 1. The van der Waals surface area contributed by atoms with Crippen molar-refractivity contribution < 1.29 is 5.11 Å². The summed E-state index contributed by atoms with van der Waals surface area (Å²) in [6, 6.07) is 9.58. The zero-order chi connectivity index (χ0) is 14.9. The molecule has 0 saturated carbocycles. The molecule has 0 bridgehead atoms. The van der Waals surface area contributed by atoms with Crippen molar-refractivity contribution in [1.29, 1.82) is 0 Å². The molecule has 0 aliphatic rings. The summed E-state index contributed by atoms with van der Waals surface area (Å²) < 4.78 is 2.91. The van der Waals surface area contributed by atoms with E-state index >= 15 is 0 Å². The van der Waals surface area contributed by atoms with E-state index in [2.05, 4.69) is 53.1 Å². The van der Waals surface area contributed by atoms with Gasteiger partial charge >= 0.3 is 0 Å². The van der Waals surface area contributed by atoms with E-state index in [0.717, 1.165) is 30.2 Å². The Labute approximate surface area is 144 Å². The molecule has 2 aromatic carbocycles. The van der Waals surface area contributed by atoms with Crippen LogP contribution in [0.2, 0.25) is 0 Å². The molecular formula is C15H14Br3NO. The number of aryl methyl sites for hydroxylation is 1. The largest absolute Gasteiger partial charge is 0.508 e. The van der Waals surface area contributed by atoms with Gasteiger partial charge in [-0.05, 0) is 63.9 Å². The molecule has 0 heterocycles. The summed E-state index contributed by atoms with van der Waals surface area (Å²) >= 11 is 10.5. The summed E-state index contributed by atoms with van der Waals surface area (Å²) in [5.74, 6) is 0.306. The summed E-state index contributed by atoms with van der Waals surface area (Å²) in [6.07, 6.45) is 0. The highest BCUT2D eigenvalue weighted by Gasteiger charge is 2.14. The number of phenols is 1. The summed E-state index contributed by atoms with van der Waals surface area (Å²) in [4.78, 5) is 0.